The molecule has 16 atom stereocenters. The Labute approximate surface area is 494 Å². The molecule has 8 N–H and O–H groups in total. The van der Waals surface area contributed by atoms with E-state index in [4.69, 9.17) is 37.9 Å². The van der Waals surface area contributed by atoms with Crippen molar-refractivity contribution in [1.29, 1.82) is 0 Å². The Balaban J connectivity index is 1.13. The first-order valence-corrected chi connectivity index (χ1v) is 28.2. The van der Waals surface area contributed by atoms with Crippen molar-refractivity contribution in [3.63, 3.8) is 0 Å². The van der Waals surface area contributed by atoms with Gasteiger partial charge in [0.15, 0.2) is 29.9 Å². The minimum atomic E-state index is -2.56. The number of fused-ring (bicyclic) bond motifs is 5. The Bertz CT molecular complexity index is 3070. The van der Waals surface area contributed by atoms with Crippen molar-refractivity contribution < 1.29 is 112 Å². The summed E-state index contributed by atoms with van der Waals surface area (Å²) in [4.78, 5) is 126. The number of hydrogen-bond acceptors (Lipinski definition) is 23. The summed E-state index contributed by atoms with van der Waals surface area (Å²) >= 11 is 0. The van der Waals surface area contributed by atoms with Crippen LogP contribution in [0.15, 0.2) is 102 Å². The third kappa shape index (κ3) is 12.7. The molecule has 86 heavy (non-hydrogen) atoms. The highest BCUT2D eigenvalue weighted by Crippen LogP contribution is 2.64. The molecular weight excluding hydrogens is 1130 g/mol. The van der Waals surface area contributed by atoms with Crippen LogP contribution in [0.2, 0.25) is 0 Å². The molecule has 2 amide bonds. The molecule has 25 nitrogen and oxygen atoms in total. The average Bonchev–Trinajstić information content (AvgIpc) is 0.677. The summed E-state index contributed by atoms with van der Waals surface area (Å²) in [6.45, 7) is 6.65. The minimum absolute atomic E-state index is 0.00686. The topological polar surface area (TPSA) is 373 Å². The molecule has 3 aromatic carbocycles. The number of ether oxygens (including phenoxy) is 8. The summed E-state index contributed by atoms with van der Waals surface area (Å²) in [7, 11) is 0. The van der Waals surface area contributed by atoms with Crippen molar-refractivity contribution in [3.05, 3.63) is 119 Å². The van der Waals surface area contributed by atoms with Crippen LogP contribution in [0.3, 0.4) is 0 Å². The van der Waals surface area contributed by atoms with Gasteiger partial charge >= 0.3 is 35.8 Å². The van der Waals surface area contributed by atoms with Crippen molar-refractivity contribution in [1.82, 2.24) is 10.6 Å². The van der Waals surface area contributed by atoms with Crippen LogP contribution in [0, 0.1) is 16.7 Å². The van der Waals surface area contributed by atoms with Gasteiger partial charge in [-0.1, -0.05) is 80.6 Å². The van der Waals surface area contributed by atoms with Crippen molar-refractivity contribution in [2.24, 2.45) is 16.7 Å². The second-order valence-electron chi connectivity index (χ2n) is 23.0. The van der Waals surface area contributed by atoms with Crippen LogP contribution in [0.5, 0.6) is 0 Å². The zero-order valence-corrected chi connectivity index (χ0v) is 48.2. The number of Topliss-reactive ketones (excluding diaryl/α,β-unsaturated/α-hetero) is 1. The van der Waals surface area contributed by atoms with E-state index in [2.05, 4.69) is 10.6 Å². The Hall–Kier alpha value is -7.49. The van der Waals surface area contributed by atoms with Crippen molar-refractivity contribution in [3.8, 4) is 0 Å². The zero-order chi connectivity index (χ0) is 62.6. The molecule has 8 rings (SSSR count). The number of ketones is 1. The van der Waals surface area contributed by atoms with Gasteiger partial charge in [-0.3, -0.25) is 33.6 Å². The summed E-state index contributed by atoms with van der Waals surface area (Å²) in [5, 5.41) is 71.6. The third-order valence-corrected chi connectivity index (χ3v) is 17.3. The van der Waals surface area contributed by atoms with Crippen LogP contribution < -0.4 is 10.6 Å². The van der Waals surface area contributed by atoms with Crippen molar-refractivity contribution >= 4 is 53.4 Å². The highest BCUT2D eigenvalue weighted by molar-refractivity contribution is 5.96. The van der Waals surface area contributed by atoms with E-state index in [0.717, 1.165) is 13.8 Å². The number of benzene rings is 3. The molecule has 2 aliphatic heterocycles. The maximum absolute atomic E-state index is 15.8. The third-order valence-electron chi connectivity index (χ3n) is 17.3. The molecule has 4 fully saturated rings. The molecule has 464 valence electrons. The molecule has 0 radical (unpaired) electrons. The Kier molecular flexibility index (Phi) is 19.7. The Morgan fingerprint density at radius 2 is 1.38 bits per heavy atom. The fourth-order valence-corrected chi connectivity index (χ4v) is 12.7. The molecule has 2 bridgehead atoms. The smallest absolute Gasteiger partial charge is 0.350 e. The zero-order valence-electron chi connectivity index (χ0n) is 48.2. The van der Waals surface area contributed by atoms with E-state index >= 15 is 9.59 Å². The summed E-state index contributed by atoms with van der Waals surface area (Å²) < 4.78 is 46.8. The van der Waals surface area contributed by atoms with Gasteiger partial charge in [0.2, 0.25) is 12.0 Å². The predicted octanol–water partition coefficient (Wildman–Crippen LogP) is 1.31. The summed E-state index contributed by atoms with van der Waals surface area (Å²) in [5.41, 5.74) is -8.17. The average molecular weight is 1200 g/mol. The molecule has 0 aromatic heterocycles. The summed E-state index contributed by atoms with van der Waals surface area (Å²) in [6, 6.07) is 21.8. The fraction of sp³-hybridized carbons (Fsp3) is 0.525. The largest absolute Gasteiger partial charge is 0.456 e. The lowest BCUT2D eigenvalue weighted by Crippen LogP contribution is -2.82. The number of nitrogens with one attached hydrogen (secondary N) is 2. The van der Waals surface area contributed by atoms with E-state index in [-0.39, 0.29) is 53.6 Å². The van der Waals surface area contributed by atoms with E-state index in [1.54, 1.807) is 54.6 Å². The van der Waals surface area contributed by atoms with Gasteiger partial charge in [0.05, 0.1) is 42.6 Å². The van der Waals surface area contributed by atoms with Gasteiger partial charge in [0, 0.05) is 57.1 Å². The number of esters is 6. The maximum Gasteiger partial charge on any atom is 0.350 e. The van der Waals surface area contributed by atoms with Gasteiger partial charge in [-0.15, -0.1) is 0 Å². The lowest BCUT2D eigenvalue weighted by molar-refractivity contribution is -0.346. The second-order valence-corrected chi connectivity index (χ2v) is 23.0. The highest BCUT2D eigenvalue weighted by Gasteiger charge is 2.78. The molecule has 2 saturated heterocycles. The summed E-state index contributed by atoms with van der Waals surface area (Å²) in [5.74, 6) is -10.4. The van der Waals surface area contributed by atoms with Gasteiger partial charge in [-0.25, -0.2) is 9.59 Å². The first kappa shape index (κ1) is 64.5. The van der Waals surface area contributed by atoms with Crippen LogP contribution in [0.4, 0.5) is 0 Å². The molecule has 5 aliphatic rings. The molecule has 2 saturated carbocycles. The van der Waals surface area contributed by atoms with E-state index < -0.39 is 187 Å². The Morgan fingerprint density at radius 3 is 1.98 bits per heavy atom. The van der Waals surface area contributed by atoms with Crippen LogP contribution in [0.1, 0.15) is 112 Å². The number of amides is 2. The van der Waals surface area contributed by atoms with Gasteiger partial charge in [-0.2, -0.15) is 0 Å². The quantitative estimate of drug-likeness (QED) is 0.0342. The molecule has 3 aromatic rings. The molecule has 0 spiro atoms. The number of rotatable bonds is 20. The van der Waals surface area contributed by atoms with E-state index in [9.17, 15) is 64.2 Å². The molecular formula is C61H72N2O23. The van der Waals surface area contributed by atoms with Crippen LogP contribution >= 0.6 is 0 Å². The highest BCUT2D eigenvalue weighted by atomic mass is 16.7. The lowest BCUT2D eigenvalue weighted by atomic mass is 9.44. The van der Waals surface area contributed by atoms with Crippen LogP contribution in [0.25, 0.3) is 0 Å². The minimum Gasteiger partial charge on any atom is -0.456 e. The van der Waals surface area contributed by atoms with Crippen LogP contribution in [-0.2, 0) is 71.5 Å². The van der Waals surface area contributed by atoms with E-state index in [1.165, 1.54) is 64.1 Å². The maximum atomic E-state index is 15.8. The summed E-state index contributed by atoms with van der Waals surface area (Å²) in [6.07, 6.45) is -21.5. The van der Waals surface area contributed by atoms with E-state index in [0.29, 0.717) is 0 Å². The number of aliphatic hydroxyl groups is 6. The van der Waals surface area contributed by atoms with Crippen LogP contribution in [-0.4, -0.2) is 182 Å². The van der Waals surface area contributed by atoms with Crippen molar-refractivity contribution in [2.45, 2.75) is 165 Å². The van der Waals surface area contributed by atoms with Gasteiger partial charge in [-0.05, 0) is 61.2 Å². The fourth-order valence-electron chi connectivity index (χ4n) is 12.7. The number of hydrogen-bond donors (Lipinski definition) is 8. The van der Waals surface area contributed by atoms with Gasteiger partial charge in [0.1, 0.15) is 48.3 Å². The standard InChI is InChI=1S/C61H72N2O23/c1-31-37(28-61(78)53(85-55(75)36-21-14-9-15-22-36)51-59(6,39(67)27-40-60(51,30-79-40)86-33(3)66)52(73)48(80-32(2)65)44(31)58(61,4)5)81-57(77)49(45(34-17-10-7-11-18-34)63-54(74)35-19-12-8-13-20-35)83-43(70)25-24-41(68)62-26-16-23-42(69)84-50-46(71)38(29-64)82-56(76)47(50)72/h7-15,17-22,37-40,45-51,53,56,64,67,71-72,76,78H,16,23-30H2,1-6H3,(H,62,68)(H,63,74)/t37-,38+,39-,40+,45-,46+,47+,48+,49+,50-,51?,53?,56?,59+,60-,61+/m0/s1. The number of carbonyl (C=O) groups excluding carboxylic acids is 9. The molecule has 3 aliphatic carbocycles. The second kappa shape index (κ2) is 26.2. The van der Waals surface area contributed by atoms with E-state index in [1.807, 2.05) is 0 Å². The number of aliphatic hydroxyl groups excluding tert-OH is 5. The van der Waals surface area contributed by atoms with Crippen molar-refractivity contribution in [2.75, 3.05) is 19.8 Å². The number of carbonyl (C=O) groups is 9. The first-order chi connectivity index (χ1) is 40.7. The molecule has 2 heterocycles. The van der Waals surface area contributed by atoms with Gasteiger partial charge in [0.25, 0.3) is 5.91 Å². The normalized spacial score (nSPS) is 31.4. The molecule has 3 unspecified atom stereocenters. The Morgan fingerprint density at radius 1 is 0.756 bits per heavy atom. The lowest BCUT2D eigenvalue weighted by Gasteiger charge is -2.67. The SMILES string of the molecule is CC(=O)O[C@H]1C(=O)[C@@]2(C)C(C(OC(=O)c3ccccc3)[C@]3(O)C[C@H](OC(=O)[C@H](OC(=O)CCC(=O)NCCCC(=O)O[C@H]4[C@H](O)[C@@H](CO)OC(O)[C@@H]4O)[C@@H](NC(=O)c4ccccc4)c4ccccc4)C(C)=C1C3(C)C)[C@]1(OC(C)=O)CO[C@@H]1C[C@@H]2O. The first-order valence-electron chi connectivity index (χ1n) is 28.2. The molecule has 25 heteroatoms. The monoisotopic (exact) mass is 1200 g/mol. The predicted molar refractivity (Wildman–Crippen MR) is 293 cm³/mol. The van der Waals surface area contributed by atoms with Gasteiger partial charge < -0.3 is 79.2 Å².